The van der Waals surface area contributed by atoms with Crippen LogP contribution in [0.15, 0.2) is 132 Å². The zero-order chi connectivity index (χ0) is 48.6. The van der Waals surface area contributed by atoms with Crippen molar-refractivity contribution in [2.45, 2.75) is 131 Å². The first-order chi connectivity index (χ1) is 32.4. The first-order valence-electron chi connectivity index (χ1n) is 25.2. The number of rotatable bonds is 2. The number of fused-ring (bicyclic) bond motifs is 13. The van der Waals surface area contributed by atoms with Gasteiger partial charge in [-0.15, -0.1) is 0 Å². The first-order valence-corrected chi connectivity index (χ1v) is 25.2. The van der Waals surface area contributed by atoms with Crippen LogP contribution in [0.5, 0.6) is 0 Å². The van der Waals surface area contributed by atoms with Crippen molar-refractivity contribution in [2.24, 2.45) is 0 Å². The molecule has 0 N–H and O–H groups in total. The van der Waals surface area contributed by atoms with Gasteiger partial charge in [0.05, 0.1) is 16.7 Å². The van der Waals surface area contributed by atoms with Gasteiger partial charge in [-0.3, -0.25) is 0 Å². The van der Waals surface area contributed by atoms with Gasteiger partial charge >= 0.3 is 6.85 Å². The van der Waals surface area contributed by atoms with Gasteiger partial charge < -0.3 is 18.4 Å². The maximum absolute atomic E-state index is 7.48. The van der Waals surface area contributed by atoms with E-state index in [2.05, 4.69) is 245 Å². The van der Waals surface area contributed by atoms with Crippen molar-refractivity contribution in [3.05, 3.63) is 155 Å². The molecule has 2 aliphatic heterocycles. The molecular formula is C64H66BN3O. The monoisotopic (exact) mass is 904 g/mol. The Morgan fingerprint density at radius 3 is 1.58 bits per heavy atom. The summed E-state index contributed by atoms with van der Waals surface area (Å²) in [6.45, 7) is 34.7. The lowest BCUT2D eigenvalue weighted by atomic mass is 9.47. The molecule has 12 rings (SSSR count). The van der Waals surface area contributed by atoms with E-state index in [1.165, 1.54) is 93.7 Å². The average molecular weight is 904 g/mol. The third kappa shape index (κ3) is 6.41. The molecule has 0 unspecified atom stereocenters. The summed E-state index contributed by atoms with van der Waals surface area (Å²) in [5.41, 5.74) is 21.7. The molecule has 0 saturated carbocycles. The molecule has 5 heterocycles. The van der Waals surface area contributed by atoms with Crippen molar-refractivity contribution in [1.29, 1.82) is 0 Å². The van der Waals surface area contributed by atoms with Crippen molar-refractivity contribution < 1.29 is 4.42 Å². The van der Waals surface area contributed by atoms with Crippen LogP contribution in [-0.2, 0) is 27.1 Å². The van der Waals surface area contributed by atoms with Crippen LogP contribution in [0.3, 0.4) is 0 Å². The number of anilines is 3. The molecule has 10 aromatic rings. The summed E-state index contributed by atoms with van der Waals surface area (Å²) >= 11 is 0. The highest BCUT2D eigenvalue weighted by Crippen LogP contribution is 2.52. The zero-order valence-electron chi connectivity index (χ0n) is 43.5. The van der Waals surface area contributed by atoms with Crippen molar-refractivity contribution in [1.82, 2.24) is 9.05 Å². The molecule has 0 bridgehead atoms. The lowest BCUT2D eigenvalue weighted by Gasteiger charge is -2.39. The molecule has 7 aromatic carbocycles. The highest BCUT2D eigenvalue weighted by atomic mass is 16.3. The summed E-state index contributed by atoms with van der Waals surface area (Å²) in [5.74, 6) is 0. The number of benzene rings is 7. The molecule has 4 nitrogen and oxygen atoms in total. The fraction of sp³-hybridized carbons (Fsp3) is 0.312. The molecule has 0 saturated heterocycles. The molecule has 69 heavy (non-hydrogen) atoms. The van der Waals surface area contributed by atoms with E-state index in [-0.39, 0.29) is 33.9 Å². The Morgan fingerprint density at radius 2 is 0.971 bits per heavy atom. The summed E-state index contributed by atoms with van der Waals surface area (Å²) in [6, 6.07) is 49.4. The second kappa shape index (κ2) is 14.1. The molecular weight excluding hydrogens is 838 g/mol. The zero-order valence-corrected chi connectivity index (χ0v) is 43.5. The topological polar surface area (TPSA) is 26.2 Å². The van der Waals surface area contributed by atoms with Crippen LogP contribution >= 0.6 is 0 Å². The van der Waals surface area contributed by atoms with Gasteiger partial charge in [-0.2, -0.15) is 0 Å². The van der Waals surface area contributed by atoms with E-state index in [1.54, 1.807) is 0 Å². The Morgan fingerprint density at radius 1 is 0.420 bits per heavy atom. The van der Waals surface area contributed by atoms with Gasteiger partial charge in [-0.1, -0.05) is 158 Å². The van der Waals surface area contributed by atoms with Gasteiger partial charge in [0.2, 0.25) is 0 Å². The van der Waals surface area contributed by atoms with Gasteiger partial charge in [0.1, 0.15) is 11.2 Å². The van der Waals surface area contributed by atoms with Gasteiger partial charge in [0.15, 0.2) is 0 Å². The third-order valence-corrected chi connectivity index (χ3v) is 15.6. The maximum atomic E-state index is 7.48. The van der Waals surface area contributed by atoms with Crippen molar-refractivity contribution in [2.75, 3.05) is 4.90 Å². The van der Waals surface area contributed by atoms with E-state index in [0.717, 1.165) is 33.7 Å². The number of nitrogens with zero attached hydrogens (tertiary/aromatic N) is 3. The Balaban J connectivity index is 1.32. The molecule has 0 radical (unpaired) electrons. The fourth-order valence-corrected chi connectivity index (χ4v) is 11.6. The van der Waals surface area contributed by atoms with Crippen molar-refractivity contribution in [3.63, 3.8) is 0 Å². The van der Waals surface area contributed by atoms with Crippen LogP contribution in [0.4, 0.5) is 17.1 Å². The van der Waals surface area contributed by atoms with Gasteiger partial charge in [0, 0.05) is 60.6 Å². The quantitative estimate of drug-likeness (QED) is 0.162. The van der Waals surface area contributed by atoms with E-state index in [9.17, 15) is 0 Å². The predicted octanol–water partition coefficient (Wildman–Crippen LogP) is 16.5. The lowest BCUT2D eigenvalue weighted by Crippen LogP contribution is -2.56. The molecule has 0 spiro atoms. The Kier molecular flexibility index (Phi) is 8.94. The standard InChI is InChI=1S/C64H66BN3O/c1-60(2,3)37-21-26-43(27-22-37)67-52-35-41(64(13,14)15)34-45-47-36-46-44-31-38(61(4,5)6)23-28-50(44)66(42-19-17-16-18-20-42)56(46)54-48-32-39(62(7,8)9)24-29-51(48)68(57(47)54)65(55(45)52)59-58(67)49-33-40(63(10,11)12)25-30-53(49)69-59/h16-36H,1-15H3. The average Bonchev–Trinajstić information content (AvgIpc) is 3.94. The van der Waals surface area contributed by atoms with Gasteiger partial charge in [-0.05, 0) is 139 Å². The third-order valence-electron chi connectivity index (χ3n) is 15.6. The van der Waals surface area contributed by atoms with E-state index in [0.29, 0.717) is 0 Å². The number of hydrogen-bond donors (Lipinski definition) is 0. The minimum atomic E-state index is -0.234. The molecule has 3 aromatic heterocycles. The van der Waals surface area contributed by atoms with E-state index >= 15 is 0 Å². The largest absolute Gasteiger partial charge is 0.466 e. The van der Waals surface area contributed by atoms with Gasteiger partial charge in [0.25, 0.3) is 0 Å². The minimum Gasteiger partial charge on any atom is -0.466 e. The maximum Gasteiger partial charge on any atom is 0.375 e. The number of aromatic nitrogens is 2. The fourth-order valence-electron chi connectivity index (χ4n) is 11.6. The number of para-hydroxylation sites is 1. The summed E-state index contributed by atoms with van der Waals surface area (Å²) in [4.78, 5) is 2.56. The van der Waals surface area contributed by atoms with Crippen LogP contribution in [0, 0.1) is 0 Å². The normalized spacial score (nSPS) is 14.2. The Labute approximate surface area is 409 Å². The Hall–Kier alpha value is -6.46. The van der Waals surface area contributed by atoms with Crippen molar-refractivity contribution >= 4 is 89.6 Å². The van der Waals surface area contributed by atoms with Crippen molar-refractivity contribution in [3.8, 4) is 16.8 Å². The molecule has 346 valence electrons. The summed E-state index contributed by atoms with van der Waals surface area (Å²) in [5, 5.41) is 6.28. The summed E-state index contributed by atoms with van der Waals surface area (Å²) < 4.78 is 12.7. The molecule has 0 aliphatic carbocycles. The predicted molar refractivity (Wildman–Crippen MR) is 298 cm³/mol. The molecule has 0 amide bonds. The molecule has 0 atom stereocenters. The second-order valence-electron chi connectivity index (χ2n) is 25.6. The number of furan rings is 1. The van der Waals surface area contributed by atoms with Crippen LogP contribution < -0.4 is 16.0 Å². The van der Waals surface area contributed by atoms with E-state index < -0.39 is 0 Å². The van der Waals surface area contributed by atoms with Crippen LogP contribution in [-0.4, -0.2) is 15.9 Å². The lowest BCUT2D eigenvalue weighted by molar-refractivity contribution is 0.590. The van der Waals surface area contributed by atoms with Crippen LogP contribution in [0.2, 0.25) is 0 Å². The van der Waals surface area contributed by atoms with E-state index in [4.69, 9.17) is 4.42 Å². The smallest absolute Gasteiger partial charge is 0.375 e. The van der Waals surface area contributed by atoms with Crippen LogP contribution in [0.25, 0.3) is 71.4 Å². The van der Waals surface area contributed by atoms with E-state index in [1.807, 2.05) is 0 Å². The van der Waals surface area contributed by atoms with Gasteiger partial charge in [-0.25, -0.2) is 0 Å². The SMILES string of the molecule is CC(C)(C)c1ccc(N2c3cc(C(C)(C)C)cc4c3B(c3oc5ccc(C(C)(C)C)cc5c32)n2c3ccc(C(C)(C)C)cc3c3c2c-4cc2c4cc(C(C)(C)C)ccc4n(-c4ccccc4)c23)cc1. The Bertz CT molecular complexity index is 3790. The second-order valence-corrected chi connectivity index (χ2v) is 25.6. The number of hydrogen-bond acceptors (Lipinski definition) is 2. The molecule has 0 fully saturated rings. The summed E-state index contributed by atoms with van der Waals surface area (Å²) in [7, 11) is 0. The summed E-state index contributed by atoms with van der Waals surface area (Å²) in [6.07, 6.45) is 0. The highest BCUT2D eigenvalue weighted by Gasteiger charge is 2.48. The highest BCUT2D eigenvalue weighted by molar-refractivity contribution is 6.89. The molecule has 5 heteroatoms. The van der Waals surface area contributed by atoms with Crippen LogP contribution in [0.1, 0.15) is 132 Å². The molecule has 2 aliphatic rings. The first kappa shape index (κ1) is 43.8. The minimum absolute atomic E-state index is 0.0198.